The maximum absolute atomic E-state index is 4.04. The van der Waals surface area contributed by atoms with Crippen LogP contribution in [0.3, 0.4) is 0 Å². The summed E-state index contributed by atoms with van der Waals surface area (Å²) in [5.41, 5.74) is 3.47. The number of fused-ring (bicyclic) bond motifs is 1. The van der Waals surface area contributed by atoms with E-state index >= 15 is 0 Å². The van der Waals surface area contributed by atoms with Crippen molar-refractivity contribution in [3.8, 4) is 0 Å². The lowest BCUT2D eigenvalue weighted by Crippen LogP contribution is -2.49. The molecule has 1 aliphatic heterocycles. The van der Waals surface area contributed by atoms with Crippen molar-refractivity contribution in [2.24, 2.45) is 11.8 Å². The van der Waals surface area contributed by atoms with Gasteiger partial charge in [0.2, 0.25) is 0 Å². The highest BCUT2D eigenvalue weighted by molar-refractivity contribution is 5.40. The molecule has 2 unspecified atom stereocenters. The molecule has 0 amide bonds. The van der Waals surface area contributed by atoms with Crippen molar-refractivity contribution in [2.75, 3.05) is 0 Å². The molecule has 1 N–H and O–H groups in total. The molecule has 3 rings (SSSR count). The number of nitrogens with one attached hydrogen (secondary N) is 1. The molecule has 1 nitrogen and oxygen atoms in total. The zero-order valence-corrected chi connectivity index (χ0v) is 13.8. The smallest absolute Gasteiger partial charge is 0.0497 e. The number of benzene rings is 1. The summed E-state index contributed by atoms with van der Waals surface area (Å²) in [5.74, 6) is 1.65. The van der Waals surface area contributed by atoms with E-state index in [0.717, 1.165) is 18.4 Å². The molecule has 1 aromatic carbocycles. The minimum atomic E-state index is 0.275. The zero-order valence-electron chi connectivity index (χ0n) is 13.8. The van der Waals surface area contributed by atoms with Crippen LogP contribution >= 0.6 is 0 Å². The van der Waals surface area contributed by atoms with Crippen LogP contribution in [0.25, 0.3) is 0 Å². The average molecular weight is 285 g/mol. The largest absolute Gasteiger partial charge is 0.303 e. The molecule has 0 aromatic heterocycles. The zero-order chi connectivity index (χ0) is 14.7. The Morgan fingerprint density at radius 1 is 1.19 bits per heavy atom. The predicted octanol–water partition coefficient (Wildman–Crippen LogP) is 5.39. The van der Waals surface area contributed by atoms with Gasteiger partial charge in [0, 0.05) is 12.1 Å². The first-order valence-electron chi connectivity index (χ1n) is 9.16. The van der Waals surface area contributed by atoms with Gasteiger partial charge in [0.05, 0.1) is 0 Å². The molecule has 116 valence electrons. The van der Waals surface area contributed by atoms with Gasteiger partial charge in [0.25, 0.3) is 0 Å². The third kappa shape index (κ3) is 2.54. The van der Waals surface area contributed by atoms with Gasteiger partial charge in [0.1, 0.15) is 0 Å². The van der Waals surface area contributed by atoms with Crippen molar-refractivity contribution in [2.45, 2.75) is 77.3 Å². The quantitative estimate of drug-likeness (QED) is 0.738. The van der Waals surface area contributed by atoms with Crippen LogP contribution in [-0.4, -0.2) is 0 Å². The van der Waals surface area contributed by atoms with E-state index in [-0.39, 0.29) is 5.54 Å². The lowest BCUT2D eigenvalue weighted by molar-refractivity contribution is 0.121. The first-order chi connectivity index (χ1) is 10.3. The van der Waals surface area contributed by atoms with Crippen LogP contribution in [-0.2, 0) is 12.1 Å². The van der Waals surface area contributed by atoms with Gasteiger partial charge in [0.15, 0.2) is 0 Å². The number of unbranched alkanes of at least 4 members (excludes halogenated alkanes) is 1. The average Bonchev–Trinajstić information content (AvgIpc) is 3.16. The van der Waals surface area contributed by atoms with Crippen molar-refractivity contribution < 1.29 is 0 Å². The SMILES string of the molecule is CCCCC(CC)C1(C2CCCC2)NCc2ccccc21. The van der Waals surface area contributed by atoms with Gasteiger partial charge in [-0.15, -0.1) is 0 Å². The van der Waals surface area contributed by atoms with Crippen molar-refractivity contribution in [1.29, 1.82) is 0 Å². The molecule has 0 bridgehead atoms. The molecule has 1 saturated carbocycles. The van der Waals surface area contributed by atoms with Crippen molar-refractivity contribution in [3.63, 3.8) is 0 Å². The number of rotatable bonds is 6. The van der Waals surface area contributed by atoms with E-state index in [1.165, 1.54) is 51.4 Å². The molecule has 1 heterocycles. The molecule has 1 aromatic rings. The Kier molecular flexibility index (Phi) is 4.69. The second-order valence-electron chi connectivity index (χ2n) is 7.11. The topological polar surface area (TPSA) is 12.0 Å². The highest BCUT2D eigenvalue weighted by Crippen LogP contribution is 2.51. The Hall–Kier alpha value is -0.820. The predicted molar refractivity (Wildman–Crippen MR) is 90.2 cm³/mol. The Balaban J connectivity index is 1.99. The summed E-state index contributed by atoms with van der Waals surface area (Å²) in [4.78, 5) is 0. The summed E-state index contributed by atoms with van der Waals surface area (Å²) in [5, 5.41) is 4.04. The minimum absolute atomic E-state index is 0.275. The van der Waals surface area contributed by atoms with Crippen molar-refractivity contribution >= 4 is 0 Å². The molecule has 2 atom stereocenters. The van der Waals surface area contributed by atoms with Crippen LogP contribution in [0.5, 0.6) is 0 Å². The second-order valence-corrected chi connectivity index (χ2v) is 7.11. The van der Waals surface area contributed by atoms with Crippen molar-refractivity contribution in [3.05, 3.63) is 35.4 Å². The summed E-state index contributed by atoms with van der Waals surface area (Å²) in [6.07, 6.45) is 11.1. The lowest BCUT2D eigenvalue weighted by atomic mass is 9.67. The maximum Gasteiger partial charge on any atom is 0.0497 e. The fraction of sp³-hybridized carbons (Fsp3) is 0.700. The molecule has 1 fully saturated rings. The summed E-state index contributed by atoms with van der Waals surface area (Å²) in [6.45, 7) is 5.81. The van der Waals surface area contributed by atoms with E-state index in [4.69, 9.17) is 0 Å². The first-order valence-corrected chi connectivity index (χ1v) is 9.16. The molecule has 1 aliphatic carbocycles. The van der Waals surface area contributed by atoms with Crippen LogP contribution in [0.4, 0.5) is 0 Å². The summed E-state index contributed by atoms with van der Waals surface area (Å²) >= 11 is 0. The van der Waals surface area contributed by atoms with Gasteiger partial charge in [-0.1, -0.05) is 70.2 Å². The van der Waals surface area contributed by atoms with Gasteiger partial charge in [-0.3, -0.25) is 0 Å². The molecule has 2 aliphatic rings. The third-order valence-electron chi connectivity index (χ3n) is 6.08. The fourth-order valence-corrected chi connectivity index (χ4v) is 5.06. The van der Waals surface area contributed by atoms with Crippen LogP contribution in [0.1, 0.15) is 76.3 Å². The second kappa shape index (κ2) is 6.52. The van der Waals surface area contributed by atoms with E-state index in [1.54, 1.807) is 11.1 Å². The van der Waals surface area contributed by atoms with Gasteiger partial charge in [-0.05, 0) is 42.2 Å². The van der Waals surface area contributed by atoms with Crippen LogP contribution in [0.15, 0.2) is 24.3 Å². The summed E-state index contributed by atoms with van der Waals surface area (Å²) in [7, 11) is 0. The third-order valence-corrected chi connectivity index (χ3v) is 6.08. The molecule has 0 spiro atoms. The Bertz CT molecular complexity index is 461. The number of hydrogen-bond acceptors (Lipinski definition) is 1. The van der Waals surface area contributed by atoms with E-state index in [0.29, 0.717) is 0 Å². The number of hydrogen-bond donors (Lipinski definition) is 1. The Morgan fingerprint density at radius 3 is 2.67 bits per heavy atom. The van der Waals surface area contributed by atoms with E-state index in [1.807, 2.05) is 0 Å². The molecule has 0 radical (unpaired) electrons. The van der Waals surface area contributed by atoms with Gasteiger partial charge < -0.3 is 5.32 Å². The monoisotopic (exact) mass is 285 g/mol. The first kappa shape index (κ1) is 15.1. The fourth-order valence-electron chi connectivity index (χ4n) is 5.06. The molecule has 0 saturated heterocycles. The molecule has 21 heavy (non-hydrogen) atoms. The Labute approximate surface area is 130 Å². The normalized spacial score (nSPS) is 27.0. The van der Waals surface area contributed by atoms with Gasteiger partial charge in [-0.2, -0.15) is 0 Å². The molecular weight excluding hydrogens is 254 g/mol. The summed E-state index contributed by atoms with van der Waals surface area (Å²) < 4.78 is 0. The van der Waals surface area contributed by atoms with Crippen LogP contribution < -0.4 is 5.32 Å². The van der Waals surface area contributed by atoms with E-state index in [2.05, 4.69) is 43.4 Å². The van der Waals surface area contributed by atoms with Crippen LogP contribution in [0, 0.1) is 11.8 Å². The lowest BCUT2D eigenvalue weighted by Gasteiger charge is -2.44. The standard InChI is InChI=1S/C20H31N/c1-3-5-11-17(4-2)20(18-12-7-8-13-18)19-14-9-6-10-16(19)15-21-20/h6,9-10,14,17-18,21H,3-5,7-8,11-13,15H2,1-2H3. The Morgan fingerprint density at radius 2 is 1.95 bits per heavy atom. The summed E-state index contributed by atoms with van der Waals surface area (Å²) in [6, 6.07) is 9.22. The van der Waals surface area contributed by atoms with E-state index < -0.39 is 0 Å². The van der Waals surface area contributed by atoms with Crippen LogP contribution in [0.2, 0.25) is 0 Å². The highest BCUT2D eigenvalue weighted by Gasteiger charge is 2.49. The van der Waals surface area contributed by atoms with E-state index in [9.17, 15) is 0 Å². The highest BCUT2D eigenvalue weighted by atomic mass is 15.0. The maximum atomic E-state index is 4.04. The van der Waals surface area contributed by atoms with Crippen molar-refractivity contribution in [1.82, 2.24) is 5.32 Å². The minimum Gasteiger partial charge on any atom is -0.303 e. The van der Waals surface area contributed by atoms with Gasteiger partial charge in [-0.25, -0.2) is 0 Å². The molecular formula is C20H31N. The van der Waals surface area contributed by atoms with Gasteiger partial charge >= 0.3 is 0 Å². The molecule has 1 heteroatoms.